The predicted molar refractivity (Wildman–Crippen MR) is 36.1 cm³/mol. The maximum absolute atomic E-state index is 9.82. The molecule has 0 aromatic carbocycles. The van der Waals surface area contributed by atoms with Crippen LogP contribution >= 0.6 is 0 Å². The van der Waals surface area contributed by atoms with Crippen LogP contribution in [0.4, 0.5) is 0 Å². The third-order valence-corrected chi connectivity index (χ3v) is 1.48. The molecular formula is C2H7LiO8S2. The average Bonchev–Trinajstić information content (AvgIpc) is 1.76. The van der Waals surface area contributed by atoms with E-state index < -0.39 is 34.0 Å². The van der Waals surface area contributed by atoms with Crippen LogP contribution in [0.5, 0.6) is 0 Å². The monoisotopic (exact) mass is 230 g/mol. The van der Waals surface area contributed by atoms with Crippen molar-refractivity contribution in [2.45, 2.75) is 0 Å². The molecule has 0 amide bonds. The second-order valence-corrected chi connectivity index (χ2v) is 3.68. The largest absolute Gasteiger partial charge is 1.00 e. The molecule has 8 nitrogen and oxygen atoms in total. The fourth-order valence-electron chi connectivity index (χ4n) is 0.279. The first-order chi connectivity index (χ1) is 5.21. The maximum atomic E-state index is 9.82. The van der Waals surface area contributed by atoms with E-state index in [4.69, 9.17) is 9.11 Å². The summed E-state index contributed by atoms with van der Waals surface area (Å²) in [6.45, 7) is -1.42. The summed E-state index contributed by atoms with van der Waals surface area (Å²) < 4.78 is 62.4. The molecule has 0 aliphatic rings. The molecule has 0 aromatic rings. The average molecular weight is 230 g/mol. The molecule has 0 aromatic heterocycles. The SMILES string of the molecule is O=S(=O)(O)OCCOS(=O)(=O)O.[H-].[Li+]. The maximum Gasteiger partial charge on any atom is 1.00 e. The molecule has 0 fully saturated rings. The topological polar surface area (TPSA) is 127 Å². The van der Waals surface area contributed by atoms with Gasteiger partial charge in [-0.05, 0) is 0 Å². The molecule has 0 aliphatic carbocycles. The quantitative estimate of drug-likeness (QED) is 0.276. The third kappa shape index (κ3) is 15.1. The summed E-state index contributed by atoms with van der Waals surface area (Å²) >= 11 is 0. The van der Waals surface area contributed by atoms with Gasteiger partial charge in [0.1, 0.15) is 0 Å². The van der Waals surface area contributed by atoms with Gasteiger partial charge in [-0.2, -0.15) is 16.8 Å². The van der Waals surface area contributed by atoms with E-state index in [0.717, 1.165) is 0 Å². The van der Waals surface area contributed by atoms with Crippen molar-refractivity contribution >= 4 is 20.8 Å². The van der Waals surface area contributed by atoms with Crippen LogP contribution in [0.3, 0.4) is 0 Å². The fourth-order valence-corrected chi connectivity index (χ4v) is 0.836. The minimum absolute atomic E-state index is 0. The van der Waals surface area contributed by atoms with Gasteiger partial charge in [0.25, 0.3) is 0 Å². The van der Waals surface area contributed by atoms with Crippen LogP contribution in [-0.4, -0.2) is 39.2 Å². The molecule has 0 saturated heterocycles. The molecule has 13 heavy (non-hydrogen) atoms. The number of hydrogen-bond donors (Lipinski definition) is 2. The smallest absolute Gasteiger partial charge is 1.00 e. The van der Waals surface area contributed by atoms with Gasteiger partial charge in [-0.15, -0.1) is 0 Å². The zero-order valence-electron chi connectivity index (χ0n) is 7.57. The van der Waals surface area contributed by atoms with Crippen molar-refractivity contribution in [1.29, 1.82) is 0 Å². The van der Waals surface area contributed by atoms with Crippen LogP contribution in [0.15, 0.2) is 0 Å². The first-order valence-corrected chi connectivity index (χ1v) is 5.17. The molecule has 76 valence electrons. The Hall–Kier alpha value is 0.337. The molecule has 0 radical (unpaired) electrons. The van der Waals surface area contributed by atoms with Gasteiger partial charge in [-0.25, -0.2) is 8.37 Å². The summed E-state index contributed by atoms with van der Waals surface area (Å²) in [4.78, 5) is 0. The van der Waals surface area contributed by atoms with Gasteiger partial charge >= 0.3 is 39.7 Å². The summed E-state index contributed by atoms with van der Waals surface area (Å²) in [6.07, 6.45) is 0. The van der Waals surface area contributed by atoms with E-state index in [-0.39, 0.29) is 20.3 Å². The van der Waals surface area contributed by atoms with Gasteiger partial charge in [0.15, 0.2) is 0 Å². The van der Waals surface area contributed by atoms with Crippen molar-refractivity contribution in [3.63, 3.8) is 0 Å². The summed E-state index contributed by atoms with van der Waals surface area (Å²) in [5, 5.41) is 0. The van der Waals surface area contributed by atoms with Crippen LogP contribution in [-0.2, 0) is 29.2 Å². The molecule has 0 unspecified atom stereocenters. The van der Waals surface area contributed by atoms with Crippen LogP contribution in [0.25, 0.3) is 0 Å². The van der Waals surface area contributed by atoms with E-state index in [1.807, 2.05) is 0 Å². The van der Waals surface area contributed by atoms with E-state index in [2.05, 4.69) is 8.37 Å². The zero-order chi connectivity index (χ0) is 9.83. The molecular weight excluding hydrogens is 223 g/mol. The van der Waals surface area contributed by atoms with Crippen molar-refractivity contribution in [2.24, 2.45) is 0 Å². The van der Waals surface area contributed by atoms with Gasteiger partial charge in [-0.1, -0.05) is 0 Å². The first kappa shape index (κ1) is 15.8. The second-order valence-electron chi connectivity index (χ2n) is 1.50. The summed E-state index contributed by atoms with van der Waals surface area (Å²) in [6, 6.07) is 0. The van der Waals surface area contributed by atoms with Crippen molar-refractivity contribution < 1.29 is 54.6 Å². The number of rotatable bonds is 5. The van der Waals surface area contributed by atoms with Crippen molar-refractivity contribution in [3.8, 4) is 0 Å². The molecule has 0 bridgehead atoms. The van der Waals surface area contributed by atoms with E-state index in [1.54, 1.807) is 0 Å². The molecule has 0 saturated carbocycles. The van der Waals surface area contributed by atoms with Crippen LogP contribution in [0.2, 0.25) is 0 Å². The standard InChI is InChI=1S/C2H6O8S2.Li.H/c3-11(4,5)9-1-2-10-12(6,7)8;;/h1-2H2,(H,3,4,5)(H,6,7,8);;/q;+1;-1. The Bertz CT molecular complexity index is 285. The van der Waals surface area contributed by atoms with E-state index >= 15 is 0 Å². The second kappa shape index (κ2) is 5.94. The van der Waals surface area contributed by atoms with Crippen LogP contribution < -0.4 is 18.9 Å². The van der Waals surface area contributed by atoms with Gasteiger partial charge in [-0.3, -0.25) is 9.11 Å². The zero-order valence-corrected chi connectivity index (χ0v) is 8.21. The Morgan fingerprint density at radius 2 is 1.15 bits per heavy atom. The Morgan fingerprint density at radius 3 is 1.31 bits per heavy atom. The van der Waals surface area contributed by atoms with E-state index in [9.17, 15) is 16.8 Å². The molecule has 0 atom stereocenters. The first-order valence-electron chi connectivity index (χ1n) is 2.44. The Kier molecular flexibility index (Phi) is 7.22. The Labute approximate surface area is 88.8 Å². The van der Waals surface area contributed by atoms with Crippen LogP contribution in [0, 0.1) is 0 Å². The molecule has 11 heteroatoms. The molecule has 2 N–H and O–H groups in total. The van der Waals surface area contributed by atoms with Gasteiger partial charge in [0, 0.05) is 0 Å². The molecule has 0 spiro atoms. The van der Waals surface area contributed by atoms with E-state index in [1.165, 1.54) is 0 Å². The number of hydrogen-bond acceptors (Lipinski definition) is 6. The Morgan fingerprint density at radius 1 is 0.923 bits per heavy atom. The van der Waals surface area contributed by atoms with Crippen molar-refractivity contribution in [1.82, 2.24) is 0 Å². The van der Waals surface area contributed by atoms with Crippen molar-refractivity contribution in [2.75, 3.05) is 13.2 Å². The van der Waals surface area contributed by atoms with E-state index in [0.29, 0.717) is 0 Å². The van der Waals surface area contributed by atoms with Crippen molar-refractivity contribution in [3.05, 3.63) is 0 Å². The van der Waals surface area contributed by atoms with Crippen LogP contribution in [0.1, 0.15) is 1.43 Å². The van der Waals surface area contributed by atoms with Gasteiger partial charge in [0.2, 0.25) is 0 Å². The molecule has 0 rings (SSSR count). The summed E-state index contributed by atoms with van der Waals surface area (Å²) in [7, 11) is -9.20. The fraction of sp³-hybridized carbons (Fsp3) is 1.00. The third-order valence-electron chi connectivity index (χ3n) is 0.548. The normalized spacial score (nSPS) is 12.2. The minimum atomic E-state index is -4.60. The summed E-state index contributed by atoms with van der Waals surface area (Å²) in [5.74, 6) is 0. The summed E-state index contributed by atoms with van der Waals surface area (Å²) in [5.41, 5.74) is 0. The Balaban J connectivity index is -0.000000605. The molecule has 0 aliphatic heterocycles. The minimum Gasteiger partial charge on any atom is -1.00 e. The van der Waals surface area contributed by atoms with Gasteiger partial charge < -0.3 is 1.43 Å². The molecule has 0 heterocycles. The van der Waals surface area contributed by atoms with Gasteiger partial charge in [0.05, 0.1) is 13.2 Å². The predicted octanol–water partition coefficient (Wildman–Crippen LogP) is -4.26.